The Labute approximate surface area is 95.2 Å². The summed E-state index contributed by atoms with van der Waals surface area (Å²) < 4.78 is 0. The van der Waals surface area contributed by atoms with Gasteiger partial charge in [-0.1, -0.05) is 27.7 Å². The first-order chi connectivity index (χ1) is 7.00. The summed E-state index contributed by atoms with van der Waals surface area (Å²) in [4.78, 5) is 2.59. The maximum Gasteiger partial charge on any atom is 0.00740 e. The number of rotatable bonds is 4. The van der Waals surface area contributed by atoms with Crippen LogP contribution < -0.4 is 5.73 Å². The Morgan fingerprint density at radius 1 is 1.27 bits per heavy atom. The van der Waals surface area contributed by atoms with Gasteiger partial charge in [0.25, 0.3) is 0 Å². The van der Waals surface area contributed by atoms with Crippen molar-refractivity contribution in [1.82, 2.24) is 4.90 Å². The van der Waals surface area contributed by atoms with Crippen molar-refractivity contribution in [3.8, 4) is 0 Å². The van der Waals surface area contributed by atoms with Gasteiger partial charge >= 0.3 is 0 Å². The minimum Gasteiger partial charge on any atom is -0.327 e. The highest BCUT2D eigenvalue weighted by Gasteiger charge is 2.22. The average Bonchev–Trinajstić information content (AvgIpc) is 2.19. The molecule has 1 aliphatic heterocycles. The van der Waals surface area contributed by atoms with Gasteiger partial charge in [-0.05, 0) is 43.7 Å². The molecule has 0 aromatic rings. The predicted octanol–water partition coefficient (Wildman–Crippen LogP) is 2.34. The van der Waals surface area contributed by atoms with E-state index in [-0.39, 0.29) is 0 Å². The summed E-state index contributed by atoms with van der Waals surface area (Å²) in [6, 6.07) is 0.375. The molecule has 3 atom stereocenters. The maximum atomic E-state index is 6.07. The van der Waals surface area contributed by atoms with Crippen LogP contribution in [0.2, 0.25) is 0 Å². The van der Waals surface area contributed by atoms with E-state index in [1.807, 2.05) is 0 Å². The van der Waals surface area contributed by atoms with Gasteiger partial charge in [-0.2, -0.15) is 0 Å². The van der Waals surface area contributed by atoms with Crippen LogP contribution in [0.5, 0.6) is 0 Å². The first-order valence-electron chi connectivity index (χ1n) is 6.48. The van der Waals surface area contributed by atoms with E-state index >= 15 is 0 Å². The Morgan fingerprint density at radius 3 is 2.47 bits per heavy atom. The van der Waals surface area contributed by atoms with Crippen LogP contribution in [0.1, 0.15) is 40.5 Å². The standard InChI is InChI=1S/C13H28N2/c1-10(2)13(14)6-8-15-7-5-11(3)12(4)9-15/h10-13H,5-9,14H2,1-4H3. The number of piperidine rings is 1. The fourth-order valence-corrected chi connectivity index (χ4v) is 2.22. The van der Waals surface area contributed by atoms with Crippen molar-refractivity contribution in [3.05, 3.63) is 0 Å². The first kappa shape index (κ1) is 13.0. The molecular weight excluding hydrogens is 184 g/mol. The lowest BCUT2D eigenvalue weighted by Crippen LogP contribution is -2.41. The molecule has 1 saturated heterocycles. The van der Waals surface area contributed by atoms with Crippen molar-refractivity contribution in [2.24, 2.45) is 23.5 Å². The Hall–Kier alpha value is -0.0800. The molecule has 0 aliphatic carbocycles. The van der Waals surface area contributed by atoms with Crippen LogP contribution in [0.3, 0.4) is 0 Å². The van der Waals surface area contributed by atoms with Gasteiger partial charge in [0.05, 0.1) is 0 Å². The molecule has 0 saturated carbocycles. The zero-order valence-corrected chi connectivity index (χ0v) is 10.9. The largest absolute Gasteiger partial charge is 0.327 e. The third-order valence-electron chi connectivity index (χ3n) is 4.05. The number of likely N-dealkylation sites (tertiary alicyclic amines) is 1. The Kier molecular flexibility index (Phi) is 5.07. The number of nitrogens with two attached hydrogens (primary N) is 1. The molecule has 0 bridgehead atoms. The lowest BCUT2D eigenvalue weighted by atomic mass is 9.88. The highest BCUT2D eigenvalue weighted by molar-refractivity contribution is 4.76. The first-order valence-corrected chi connectivity index (χ1v) is 6.48. The van der Waals surface area contributed by atoms with E-state index in [0.29, 0.717) is 12.0 Å². The van der Waals surface area contributed by atoms with Crippen molar-refractivity contribution < 1.29 is 0 Å². The SMILES string of the molecule is CC(C)C(N)CCN1CCC(C)C(C)C1. The average molecular weight is 212 g/mol. The zero-order valence-electron chi connectivity index (χ0n) is 10.9. The van der Waals surface area contributed by atoms with Gasteiger partial charge in [0.1, 0.15) is 0 Å². The molecule has 90 valence electrons. The normalized spacial score (nSPS) is 30.8. The summed E-state index contributed by atoms with van der Waals surface area (Å²) >= 11 is 0. The molecule has 2 heteroatoms. The van der Waals surface area contributed by atoms with Gasteiger partial charge in [0.15, 0.2) is 0 Å². The molecule has 0 spiro atoms. The summed E-state index contributed by atoms with van der Waals surface area (Å²) in [5.41, 5.74) is 6.07. The fourth-order valence-electron chi connectivity index (χ4n) is 2.22. The molecule has 2 N–H and O–H groups in total. The maximum absolute atomic E-state index is 6.07. The minimum absolute atomic E-state index is 0.375. The lowest BCUT2D eigenvalue weighted by Gasteiger charge is -2.35. The number of nitrogens with zero attached hydrogens (tertiary/aromatic N) is 1. The van der Waals surface area contributed by atoms with Crippen molar-refractivity contribution in [1.29, 1.82) is 0 Å². The minimum atomic E-state index is 0.375. The molecule has 0 aromatic heterocycles. The van der Waals surface area contributed by atoms with E-state index in [2.05, 4.69) is 32.6 Å². The van der Waals surface area contributed by atoms with Crippen molar-refractivity contribution >= 4 is 0 Å². The zero-order chi connectivity index (χ0) is 11.4. The van der Waals surface area contributed by atoms with Crippen molar-refractivity contribution in [2.45, 2.75) is 46.6 Å². The van der Waals surface area contributed by atoms with E-state index < -0.39 is 0 Å². The number of hydrogen-bond acceptors (Lipinski definition) is 2. The van der Waals surface area contributed by atoms with E-state index in [0.717, 1.165) is 18.3 Å². The number of hydrogen-bond donors (Lipinski definition) is 1. The topological polar surface area (TPSA) is 29.3 Å². The van der Waals surface area contributed by atoms with Crippen LogP contribution in [0.25, 0.3) is 0 Å². The van der Waals surface area contributed by atoms with Gasteiger partial charge in [-0.15, -0.1) is 0 Å². The summed E-state index contributed by atoms with van der Waals surface area (Å²) in [5, 5.41) is 0. The molecule has 2 nitrogen and oxygen atoms in total. The molecule has 0 amide bonds. The van der Waals surface area contributed by atoms with Gasteiger partial charge in [0, 0.05) is 12.6 Å². The van der Waals surface area contributed by atoms with Crippen LogP contribution in [-0.4, -0.2) is 30.6 Å². The highest BCUT2D eigenvalue weighted by Crippen LogP contribution is 2.22. The quantitative estimate of drug-likeness (QED) is 0.775. The van der Waals surface area contributed by atoms with Crippen LogP contribution in [-0.2, 0) is 0 Å². The molecule has 3 unspecified atom stereocenters. The highest BCUT2D eigenvalue weighted by atomic mass is 15.1. The Morgan fingerprint density at radius 2 is 1.93 bits per heavy atom. The molecule has 1 fully saturated rings. The van der Waals surface area contributed by atoms with E-state index in [1.165, 1.54) is 26.1 Å². The van der Waals surface area contributed by atoms with Crippen molar-refractivity contribution in [2.75, 3.05) is 19.6 Å². The second-order valence-corrected chi connectivity index (χ2v) is 5.74. The molecule has 0 aromatic carbocycles. The smallest absolute Gasteiger partial charge is 0.00740 e. The van der Waals surface area contributed by atoms with Crippen molar-refractivity contribution in [3.63, 3.8) is 0 Å². The monoisotopic (exact) mass is 212 g/mol. The third-order valence-corrected chi connectivity index (χ3v) is 4.05. The van der Waals surface area contributed by atoms with Gasteiger partial charge < -0.3 is 10.6 Å². The Balaban J connectivity index is 2.22. The van der Waals surface area contributed by atoms with Crippen LogP contribution in [0.4, 0.5) is 0 Å². The van der Waals surface area contributed by atoms with Crippen LogP contribution in [0, 0.1) is 17.8 Å². The molecular formula is C13H28N2. The Bertz CT molecular complexity index is 179. The molecule has 15 heavy (non-hydrogen) atoms. The molecule has 1 aliphatic rings. The van der Waals surface area contributed by atoms with E-state index in [9.17, 15) is 0 Å². The summed E-state index contributed by atoms with van der Waals surface area (Å²) in [5.74, 6) is 2.38. The molecule has 1 heterocycles. The van der Waals surface area contributed by atoms with E-state index in [4.69, 9.17) is 5.73 Å². The summed E-state index contributed by atoms with van der Waals surface area (Å²) in [6.07, 6.45) is 2.51. The van der Waals surface area contributed by atoms with Gasteiger partial charge in [-0.3, -0.25) is 0 Å². The van der Waals surface area contributed by atoms with Gasteiger partial charge in [0.2, 0.25) is 0 Å². The van der Waals surface area contributed by atoms with Crippen LogP contribution >= 0.6 is 0 Å². The second kappa shape index (κ2) is 5.86. The lowest BCUT2D eigenvalue weighted by molar-refractivity contribution is 0.133. The predicted molar refractivity (Wildman–Crippen MR) is 66.8 cm³/mol. The van der Waals surface area contributed by atoms with E-state index in [1.54, 1.807) is 0 Å². The molecule has 0 radical (unpaired) electrons. The fraction of sp³-hybridized carbons (Fsp3) is 1.00. The van der Waals surface area contributed by atoms with Gasteiger partial charge in [-0.25, -0.2) is 0 Å². The third kappa shape index (κ3) is 4.12. The molecule has 1 rings (SSSR count). The second-order valence-electron chi connectivity index (χ2n) is 5.74. The van der Waals surface area contributed by atoms with Crippen LogP contribution in [0.15, 0.2) is 0 Å². The summed E-state index contributed by atoms with van der Waals surface area (Å²) in [7, 11) is 0. The summed E-state index contributed by atoms with van der Waals surface area (Å²) in [6.45, 7) is 12.9.